The molecule has 0 aromatic heterocycles. The summed E-state index contributed by atoms with van der Waals surface area (Å²) in [6.07, 6.45) is 5.34. The van der Waals surface area contributed by atoms with Crippen LogP contribution in [0.15, 0.2) is 0 Å². The van der Waals surface area contributed by atoms with Crippen LogP contribution in [0.1, 0.15) is 46.0 Å². The van der Waals surface area contributed by atoms with Gasteiger partial charge in [-0.2, -0.15) is 0 Å². The van der Waals surface area contributed by atoms with Gasteiger partial charge in [-0.15, -0.1) is 0 Å². The lowest BCUT2D eigenvalue weighted by atomic mass is 9.87. The second-order valence-corrected chi connectivity index (χ2v) is 6.71. The van der Waals surface area contributed by atoms with Gasteiger partial charge in [0.05, 0.1) is 11.5 Å². The first-order valence-corrected chi connectivity index (χ1v) is 8.44. The average Bonchev–Trinajstić information content (AvgIpc) is 2.53. The summed E-state index contributed by atoms with van der Waals surface area (Å²) in [5.41, 5.74) is 5.47. The summed E-state index contributed by atoms with van der Waals surface area (Å²) in [5, 5.41) is 2.94. The fourth-order valence-electron chi connectivity index (χ4n) is 3.55. The predicted octanol–water partition coefficient (Wildman–Crippen LogP) is 1.12. The lowest BCUT2D eigenvalue weighted by Crippen LogP contribution is -2.52. The Hall–Kier alpha value is -0.650. The molecule has 2 heterocycles. The molecular weight excluding hydrogens is 266 g/mol. The Kier molecular flexibility index (Phi) is 6.02. The number of nitrogens with two attached hydrogens (primary N) is 1. The average molecular weight is 297 g/mol. The Morgan fingerprint density at radius 2 is 2.29 bits per heavy atom. The van der Waals surface area contributed by atoms with Crippen molar-refractivity contribution >= 4 is 5.91 Å². The molecule has 5 heteroatoms. The number of nitrogens with one attached hydrogen (secondary N) is 1. The van der Waals surface area contributed by atoms with Gasteiger partial charge in [0.1, 0.15) is 0 Å². The lowest BCUT2D eigenvalue weighted by Gasteiger charge is -2.45. The van der Waals surface area contributed by atoms with Crippen molar-refractivity contribution < 1.29 is 9.53 Å². The number of carbonyl (C=O) groups excluding carboxylic acids is 1. The van der Waals surface area contributed by atoms with Crippen LogP contribution in [0, 0.1) is 5.92 Å². The molecule has 0 aromatic carbocycles. The van der Waals surface area contributed by atoms with Crippen LogP contribution in [0.25, 0.3) is 0 Å². The first-order valence-electron chi connectivity index (χ1n) is 8.44. The molecule has 3 atom stereocenters. The molecule has 3 N–H and O–H groups in total. The number of hydrogen-bond donors (Lipinski definition) is 2. The third kappa shape index (κ3) is 4.41. The van der Waals surface area contributed by atoms with E-state index in [-0.39, 0.29) is 17.4 Å². The van der Waals surface area contributed by atoms with E-state index in [1.807, 2.05) is 0 Å². The SMILES string of the molecule is CCC1(C)CC(N2CCCC(C(=O)NCCN)C2)CCO1. The van der Waals surface area contributed by atoms with Crippen LogP contribution >= 0.6 is 0 Å². The molecule has 122 valence electrons. The van der Waals surface area contributed by atoms with Crippen molar-refractivity contribution in [3.05, 3.63) is 0 Å². The van der Waals surface area contributed by atoms with Gasteiger partial charge in [0.2, 0.25) is 5.91 Å². The first-order chi connectivity index (χ1) is 10.1. The van der Waals surface area contributed by atoms with Crippen LogP contribution < -0.4 is 11.1 Å². The van der Waals surface area contributed by atoms with Crippen LogP contribution in [0.2, 0.25) is 0 Å². The van der Waals surface area contributed by atoms with E-state index in [1.54, 1.807) is 0 Å². The second kappa shape index (κ2) is 7.56. The van der Waals surface area contributed by atoms with Crippen molar-refractivity contribution in [2.45, 2.75) is 57.6 Å². The summed E-state index contributed by atoms with van der Waals surface area (Å²) in [4.78, 5) is 14.7. The van der Waals surface area contributed by atoms with Crippen LogP contribution in [0.3, 0.4) is 0 Å². The minimum atomic E-state index is 0.0116. The quantitative estimate of drug-likeness (QED) is 0.798. The number of rotatable bonds is 5. The molecule has 3 unspecified atom stereocenters. The number of likely N-dealkylation sites (tertiary alicyclic amines) is 1. The van der Waals surface area contributed by atoms with Gasteiger partial charge in [0.15, 0.2) is 0 Å². The molecule has 2 rings (SSSR count). The van der Waals surface area contributed by atoms with E-state index in [4.69, 9.17) is 10.5 Å². The monoisotopic (exact) mass is 297 g/mol. The van der Waals surface area contributed by atoms with Gasteiger partial charge in [0, 0.05) is 32.3 Å². The summed E-state index contributed by atoms with van der Waals surface area (Å²) in [6, 6.07) is 0.564. The Morgan fingerprint density at radius 3 is 3.00 bits per heavy atom. The highest BCUT2D eigenvalue weighted by Gasteiger charge is 2.37. The molecule has 2 saturated heterocycles. The highest BCUT2D eigenvalue weighted by atomic mass is 16.5. The highest BCUT2D eigenvalue weighted by Crippen LogP contribution is 2.32. The molecule has 0 radical (unpaired) electrons. The summed E-state index contributed by atoms with van der Waals surface area (Å²) in [6.45, 7) is 8.36. The van der Waals surface area contributed by atoms with E-state index in [0.29, 0.717) is 19.1 Å². The fraction of sp³-hybridized carbons (Fsp3) is 0.938. The van der Waals surface area contributed by atoms with Crippen molar-refractivity contribution in [1.82, 2.24) is 10.2 Å². The Bertz CT molecular complexity index is 350. The third-order valence-electron chi connectivity index (χ3n) is 5.10. The van der Waals surface area contributed by atoms with Gasteiger partial charge < -0.3 is 15.8 Å². The molecule has 2 aliphatic rings. The summed E-state index contributed by atoms with van der Waals surface area (Å²) in [5.74, 6) is 0.302. The topological polar surface area (TPSA) is 67.6 Å². The van der Waals surface area contributed by atoms with Crippen molar-refractivity contribution in [2.24, 2.45) is 11.7 Å². The highest BCUT2D eigenvalue weighted by molar-refractivity contribution is 5.78. The van der Waals surface area contributed by atoms with E-state index < -0.39 is 0 Å². The van der Waals surface area contributed by atoms with Gasteiger partial charge >= 0.3 is 0 Å². The molecule has 0 aliphatic carbocycles. The van der Waals surface area contributed by atoms with Gasteiger partial charge in [-0.05, 0) is 45.6 Å². The van der Waals surface area contributed by atoms with Gasteiger partial charge in [-0.25, -0.2) is 0 Å². The van der Waals surface area contributed by atoms with E-state index in [0.717, 1.165) is 51.8 Å². The number of ether oxygens (including phenoxy) is 1. The van der Waals surface area contributed by atoms with Crippen LogP contribution in [0.5, 0.6) is 0 Å². The molecule has 2 aliphatic heterocycles. The number of amides is 1. The minimum Gasteiger partial charge on any atom is -0.375 e. The molecular formula is C16H31N3O2. The minimum absolute atomic E-state index is 0.0116. The molecule has 0 spiro atoms. The van der Waals surface area contributed by atoms with Crippen LogP contribution in [0.4, 0.5) is 0 Å². The smallest absolute Gasteiger partial charge is 0.224 e. The number of hydrogen-bond acceptors (Lipinski definition) is 4. The first kappa shape index (κ1) is 16.7. The van der Waals surface area contributed by atoms with Crippen molar-refractivity contribution in [2.75, 3.05) is 32.8 Å². The zero-order valence-corrected chi connectivity index (χ0v) is 13.6. The molecule has 2 fully saturated rings. The summed E-state index contributed by atoms with van der Waals surface area (Å²) in [7, 11) is 0. The molecule has 0 saturated carbocycles. The lowest BCUT2D eigenvalue weighted by molar-refractivity contribution is -0.129. The fourth-order valence-corrected chi connectivity index (χ4v) is 3.55. The van der Waals surface area contributed by atoms with Gasteiger partial charge in [-0.1, -0.05) is 6.92 Å². The maximum absolute atomic E-state index is 12.2. The summed E-state index contributed by atoms with van der Waals surface area (Å²) >= 11 is 0. The third-order valence-corrected chi connectivity index (χ3v) is 5.10. The van der Waals surface area contributed by atoms with E-state index in [2.05, 4.69) is 24.1 Å². The molecule has 0 bridgehead atoms. The van der Waals surface area contributed by atoms with E-state index in [1.165, 1.54) is 0 Å². The molecule has 1 amide bonds. The van der Waals surface area contributed by atoms with Crippen LogP contribution in [-0.4, -0.2) is 55.2 Å². The maximum atomic E-state index is 12.2. The predicted molar refractivity (Wildman–Crippen MR) is 84.0 cm³/mol. The Balaban J connectivity index is 1.90. The second-order valence-electron chi connectivity index (χ2n) is 6.71. The molecule has 0 aromatic rings. The van der Waals surface area contributed by atoms with Crippen molar-refractivity contribution in [3.8, 4) is 0 Å². The normalized spacial score (nSPS) is 34.6. The number of carbonyl (C=O) groups is 1. The number of nitrogens with zero attached hydrogens (tertiary/aromatic N) is 1. The van der Waals surface area contributed by atoms with E-state index >= 15 is 0 Å². The Morgan fingerprint density at radius 1 is 1.48 bits per heavy atom. The van der Waals surface area contributed by atoms with Gasteiger partial charge in [0.25, 0.3) is 0 Å². The van der Waals surface area contributed by atoms with Crippen molar-refractivity contribution in [3.63, 3.8) is 0 Å². The molecule has 21 heavy (non-hydrogen) atoms. The standard InChI is InChI=1S/C16H31N3O2/c1-3-16(2)11-14(6-10-21-16)19-9-4-5-13(12-19)15(20)18-8-7-17/h13-14H,3-12,17H2,1-2H3,(H,18,20). The van der Waals surface area contributed by atoms with Crippen molar-refractivity contribution in [1.29, 1.82) is 0 Å². The maximum Gasteiger partial charge on any atom is 0.224 e. The van der Waals surface area contributed by atoms with Crippen LogP contribution in [-0.2, 0) is 9.53 Å². The van der Waals surface area contributed by atoms with Gasteiger partial charge in [-0.3, -0.25) is 9.69 Å². The van der Waals surface area contributed by atoms with E-state index in [9.17, 15) is 4.79 Å². The number of piperidine rings is 1. The molecule has 5 nitrogen and oxygen atoms in total. The zero-order valence-electron chi connectivity index (χ0n) is 13.6. The Labute approximate surface area is 128 Å². The zero-order chi connectivity index (χ0) is 15.3. The summed E-state index contributed by atoms with van der Waals surface area (Å²) < 4.78 is 5.94. The largest absolute Gasteiger partial charge is 0.375 e.